The summed E-state index contributed by atoms with van der Waals surface area (Å²) in [4.78, 5) is 21.7. The highest BCUT2D eigenvalue weighted by Gasteiger charge is 2.19. The SMILES string of the molecule is C#CCC(NC(=O)OC(C)(C)C)C(=O)[O-]. The van der Waals surface area contributed by atoms with Crippen molar-refractivity contribution in [2.45, 2.75) is 38.8 Å². The maximum Gasteiger partial charge on any atom is 0.408 e. The van der Waals surface area contributed by atoms with Gasteiger partial charge in [0.2, 0.25) is 0 Å². The zero-order valence-electron chi connectivity index (χ0n) is 8.99. The van der Waals surface area contributed by atoms with E-state index in [1.54, 1.807) is 20.8 Å². The molecule has 5 heteroatoms. The Morgan fingerprint density at radius 2 is 2.07 bits per heavy atom. The van der Waals surface area contributed by atoms with Crippen LogP contribution in [0, 0.1) is 12.3 Å². The Balaban J connectivity index is 4.25. The third-order valence-corrected chi connectivity index (χ3v) is 1.30. The minimum atomic E-state index is -1.43. The summed E-state index contributed by atoms with van der Waals surface area (Å²) in [6, 6.07) is -1.22. The number of carboxylic acids is 1. The van der Waals surface area contributed by atoms with E-state index in [-0.39, 0.29) is 6.42 Å². The number of nitrogens with one attached hydrogen (secondary N) is 1. The number of ether oxygens (including phenoxy) is 1. The molecule has 1 N–H and O–H groups in total. The monoisotopic (exact) mass is 212 g/mol. The molecule has 0 saturated carbocycles. The molecule has 1 unspecified atom stereocenters. The third kappa shape index (κ3) is 6.38. The van der Waals surface area contributed by atoms with Crippen LogP contribution in [0.25, 0.3) is 0 Å². The Morgan fingerprint density at radius 1 is 1.53 bits per heavy atom. The van der Waals surface area contributed by atoms with Crippen molar-refractivity contribution in [3.8, 4) is 12.3 Å². The summed E-state index contributed by atoms with van der Waals surface area (Å²) >= 11 is 0. The average molecular weight is 212 g/mol. The van der Waals surface area contributed by atoms with Crippen LogP contribution in [0.2, 0.25) is 0 Å². The Bertz CT molecular complexity index is 285. The Morgan fingerprint density at radius 3 is 2.40 bits per heavy atom. The van der Waals surface area contributed by atoms with Gasteiger partial charge in [0, 0.05) is 6.42 Å². The first kappa shape index (κ1) is 13.3. The molecule has 0 aromatic heterocycles. The molecule has 84 valence electrons. The van der Waals surface area contributed by atoms with Gasteiger partial charge in [-0.15, -0.1) is 12.3 Å². The number of hydrogen-bond donors (Lipinski definition) is 1. The molecule has 0 aliphatic heterocycles. The summed E-state index contributed by atoms with van der Waals surface area (Å²) < 4.78 is 4.85. The molecule has 0 radical (unpaired) electrons. The van der Waals surface area contributed by atoms with E-state index in [0.29, 0.717) is 0 Å². The van der Waals surface area contributed by atoms with Crippen molar-refractivity contribution in [1.82, 2.24) is 5.32 Å². The van der Waals surface area contributed by atoms with Gasteiger partial charge in [0.25, 0.3) is 0 Å². The summed E-state index contributed by atoms with van der Waals surface area (Å²) in [5.74, 6) is 0.695. The average Bonchev–Trinajstić information content (AvgIpc) is 1.99. The largest absolute Gasteiger partial charge is 0.548 e. The fourth-order valence-electron chi connectivity index (χ4n) is 0.761. The first-order valence-corrected chi connectivity index (χ1v) is 4.40. The second kappa shape index (κ2) is 5.25. The Hall–Kier alpha value is -1.70. The molecule has 0 aromatic rings. The molecule has 0 saturated heterocycles. The van der Waals surface area contributed by atoms with Crippen molar-refractivity contribution in [2.75, 3.05) is 0 Å². The topological polar surface area (TPSA) is 78.5 Å². The molecule has 0 aliphatic rings. The molecule has 5 nitrogen and oxygen atoms in total. The van der Waals surface area contributed by atoms with E-state index in [1.165, 1.54) is 0 Å². The molecule has 1 atom stereocenters. The molecule has 15 heavy (non-hydrogen) atoms. The quantitative estimate of drug-likeness (QED) is 0.649. The van der Waals surface area contributed by atoms with Gasteiger partial charge >= 0.3 is 6.09 Å². The molecule has 0 spiro atoms. The Labute approximate surface area is 88.8 Å². The number of hydrogen-bond acceptors (Lipinski definition) is 4. The third-order valence-electron chi connectivity index (χ3n) is 1.30. The van der Waals surface area contributed by atoms with Crippen molar-refractivity contribution in [3.05, 3.63) is 0 Å². The summed E-state index contributed by atoms with van der Waals surface area (Å²) in [7, 11) is 0. The number of terminal acetylenes is 1. The number of carbonyl (C=O) groups is 2. The van der Waals surface area contributed by atoms with Crippen LogP contribution in [0.15, 0.2) is 0 Å². The van der Waals surface area contributed by atoms with Gasteiger partial charge in [-0.2, -0.15) is 0 Å². The van der Waals surface area contributed by atoms with Crippen molar-refractivity contribution >= 4 is 12.1 Å². The highest BCUT2D eigenvalue weighted by atomic mass is 16.6. The number of amides is 1. The van der Waals surface area contributed by atoms with Crippen LogP contribution in [-0.4, -0.2) is 23.7 Å². The van der Waals surface area contributed by atoms with Gasteiger partial charge in [0.1, 0.15) is 5.60 Å². The first-order valence-electron chi connectivity index (χ1n) is 4.40. The molecule has 0 fully saturated rings. The van der Waals surface area contributed by atoms with E-state index in [4.69, 9.17) is 11.2 Å². The van der Waals surface area contributed by atoms with Gasteiger partial charge in [0.15, 0.2) is 0 Å². The normalized spacial score (nSPS) is 12.4. The second-order valence-electron chi connectivity index (χ2n) is 3.93. The lowest BCUT2D eigenvalue weighted by Crippen LogP contribution is -2.49. The molecular weight excluding hydrogens is 198 g/mol. The van der Waals surface area contributed by atoms with Gasteiger partial charge in [-0.25, -0.2) is 4.79 Å². The number of aliphatic carboxylic acids is 1. The van der Waals surface area contributed by atoms with E-state index < -0.39 is 23.7 Å². The summed E-state index contributed by atoms with van der Waals surface area (Å²) in [6.45, 7) is 5.01. The van der Waals surface area contributed by atoms with E-state index in [1.807, 2.05) is 0 Å². The molecule has 0 rings (SSSR count). The van der Waals surface area contributed by atoms with Gasteiger partial charge in [-0.1, -0.05) is 0 Å². The summed E-state index contributed by atoms with van der Waals surface area (Å²) in [6.07, 6.45) is 3.97. The number of carbonyl (C=O) groups excluding carboxylic acids is 2. The van der Waals surface area contributed by atoms with E-state index in [2.05, 4.69) is 11.2 Å². The maximum atomic E-state index is 11.2. The zero-order chi connectivity index (χ0) is 12.1. The standard InChI is InChI=1S/C10H15NO4/c1-5-6-7(8(12)13)11-9(14)15-10(2,3)4/h1,7H,6H2,2-4H3,(H,11,14)(H,12,13)/p-1. The van der Waals surface area contributed by atoms with Gasteiger partial charge in [-0.3, -0.25) is 0 Å². The number of alkyl carbamates (subject to hydrolysis) is 1. The van der Waals surface area contributed by atoms with Crippen LogP contribution in [0.5, 0.6) is 0 Å². The van der Waals surface area contributed by atoms with Crippen LogP contribution in [0.3, 0.4) is 0 Å². The summed E-state index contributed by atoms with van der Waals surface area (Å²) in [5.41, 5.74) is -0.684. The number of carboxylic acid groups (broad SMARTS) is 1. The highest BCUT2D eigenvalue weighted by molar-refractivity contribution is 5.79. The molecule has 0 heterocycles. The van der Waals surface area contributed by atoms with E-state index in [9.17, 15) is 14.7 Å². The fraction of sp³-hybridized carbons (Fsp3) is 0.600. The molecular formula is C10H14NO4-. The van der Waals surface area contributed by atoms with Crippen molar-refractivity contribution in [2.24, 2.45) is 0 Å². The van der Waals surface area contributed by atoms with Crippen LogP contribution in [0.1, 0.15) is 27.2 Å². The van der Waals surface area contributed by atoms with E-state index in [0.717, 1.165) is 0 Å². The van der Waals surface area contributed by atoms with Crippen LogP contribution in [0.4, 0.5) is 4.79 Å². The predicted molar refractivity (Wildman–Crippen MR) is 51.6 cm³/mol. The lowest BCUT2D eigenvalue weighted by molar-refractivity contribution is -0.308. The fourth-order valence-corrected chi connectivity index (χ4v) is 0.761. The van der Waals surface area contributed by atoms with Crippen LogP contribution < -0.4 is 10.4 Å². The van der Waals surface area contributed by atoms with E-state index >= 15 is 0 Å². The van der Waals surface area contributed by atoms with Gasteiger partial charge < -0.3 is 20.0 Å². The summed E-state index contributed by atoms with van der Waals surface area (Å²) in [5, 5.41) is 12.6. The molecule has 1 amide bonds. The zero-order valence-corrected chi connectivity index (χ0v) is 8.99. The predicted octanol–water partition coefficient (Wildman–Crippen LogP) is -0.347. The van der Waals surface area contributed by atoms with Crippen LogP contribution in [-0.2, 0) is 9.53 Å². The second-order valence-corrected chi connectivity index (χ2v) is 3.93. The van der Waals surface area contributed by atoms with Crippen molar-refractivity contribution in [3.63, 3.8) is 0 Å². The first-order chi connectivity index (χ1) is 6.76. The maximum absolute atomic E-state index is 11.2. The van der Waals surface area contributed by atoms with Gasteiger partial charge in [-0.05, 0) is 20.8 Å². The lowest BCUT2D eigenvalue weighted by atomic mass is 10.2. The smallest absolute Gasteiger partial charge is 0.408 e. The van der Waals surface area contributed by atoms with Crippen LogP contribution >= 0.6 is 0 Å². The van der Waals surface area contributed by atoms with Gasteiger partial charge in [0.05, 0.1) is 12.0 Å². The van der Waals surface area contributed by atoms with Crippen molar-refractivity contribution < 1.29 is 19.4 Å². The molecule has 0 bridgehead atoms. The minimum absolute atomic E-state index is 0.137. The number of rotatable bonds is 3. The van der Waals surface area contributed by atoms with Crippen molar-refractivity contribution in [1.29, 1.82) is 0 Å². The Kier molecular flexibility index (Phi) is 4.65. The highest BCUT2D eigenvalue weighted by Crippen LogP contribution is 2.06. The molecule has 0 aliphatic carbocycles. The lowest BCUT2D eigenvalue weighted by Gasteiger charge is -2.23. The molecule has 0 aromatic carbocycles. The minimum Gasteiger partial charge on any atom is -0.548 e.